The minimum Gasteiger partial charge on any atom is -0.493 e. The number of rotatable bonds is 5. The van der Waals surface area contributed by atoms with E-state index in [1.54, 1.807) is 7.11 Å². The second kappa shape index (κ2) is 6.83. The first kappa shape index (κ1) is 15.7. The zero-order valence-electron chi connectivity index (χ0n) is 12.5. The van der Waals surface area contributed by atoms with Crippen molar-refractivity contribution in [3.63, 3.8) is 0 Å². The molecule has 4 heteroatoms. The highest BCUT2D eigenvalue weighted by Gasteiger charge is 2.09. The van der Waals surface area contributed by atoms with Gasteiger partial charge in [0.2, 0.25) is 0 Å². The fraction of sp³-hybridized carbons (Fsp3) is 0.294. The molecule has 0 spiro atoms. The summed E-state index contributed by atoms with van der Waals surface area (Å²) in [5.41, 5.74) is 8.95. The molecular formula is C17H20ClNO2. The molecule has 0 heterocycles. The van der Waals surface area contributed by atoms with Crippen LogP contribution in [-0.4, -0.2) is 7.11 Å². The minimum absolute atomic E-state index is 0.0421. The Morgan fingerprint density at radius 2 is 1.90 bits per heavy atom. The fourth-order valence-electron chi connectivity index (χ4n) is 2.01. The van der Waals surface area contributed by atoms with Gasteiger partial charge in [0, 0.05) is 16.6 Å². The van der Waals surface area contributed by atoms with Crippen molar-refractivity contribution >= 4 is 11.6 Å². The Morgan fingerprint density at radius 1 is 1.14 bits per heavy atom. The third kappa shape index (κ3) is 3.90. The van der Waals surface area contributed by atoms with Crippen LogP contribution in [0.5, 0.6) is 11.5 Å². The number of nitrogens with two attached hydrogens (primary N) is 1. The van der Waals surface area contributed by atoms with Gasteiger partial charge in [-0.2, -0.15) is 0 Å². The van der Waals surface area contributed by atoms with Crippen LogP contribution < -0.4 is 15.2 Å². The van der Waals surface area contributed by atoms with E-state index >= 15 is 0 Å². The summed E-state index contributed by atoms with van der Waals surface area (Å²) in [6, 6.07) is 11.6. The van der Waals surface area contributed by atoms with E-state index in [9.17, 15) is 0 Å². The Balaban J connectivity index is 2.16. The average Bonchev–Trinajstić information content (AvgIpc) is 2.46. The molecule has 1 unspecified atom stereocenters. The average molecular weight is 306 g/mol. The number of benzene rings is 2. The molecular weight excluding hydrogens is 286 g/mol. The Kier molecular flexibility index (Phi) is 5.10. The van der Waals surface area contributed by atoms with E-state index in [1.807, 2.05) is 50.2 Å². The maximum atomic E-state index is 6.21. The molecule has 0 aliphatic carbocycles. The standard InChI is InChI=1S/C17H20ClNO2/c1-11-4-5-14(15(18)8-11)10-21-16-7-6-13(12(2)19)9-17(16)20-3/h4-9,12H,10,19H2,1-3H3. The molecule has 21 heavy (non-hydrogen) atoms. The monoisotopic (exact) mass is 305 g/mol. The van der Waals surface area contributed by atoms with Crippen LogP contribution in [0, 0.1) is 6.92 Å². The largest absolute Gasteiger partial charge is 0.493 e. The second-order valence-electron chi connectivity index (χ2n) is 5.08. The molecule has 0 aliphatic heterocycles. The van der Waals surface area contributed by atoms with Crippen molar-refractivity contribution in [2.24, 2.45) is 5.73 Å². The zero-order valence-corrected chi connectivity index (χ0v) is 13.3. The predicted octanol–water partition coefficient (Wildman–Crippen LogP) is 4.26. The maximum absolute atomic E-state index is 6.21. The molecule has 0 aliphatic rings. The Morgan fingerprint density at radius 3 is 2.52 bits per heavy atom. The highest BCUT2D eigenvalue weighted by atomic mass is 35.5. The minimum atomic E-state index is -0.0421. The SMILES string of the molecule is COc1cc(C(C)N)ccc1OCc1ccc(C)cc1Cl. The second-order valence-corrected chi connectivity index (χ2v) is 5.49. The topological polar surface area (TPSA) is 44.5 Å². The van der Waals surface area contributed by atoms with E-state index in [4.69, 9.17) is 26.8 Å². The Hall–Kier alpha value is -1.71. The molecule has 0 bridgehead atoms. The summed E-state index contributed by atoms with van der Waals surface area (Å²) >= 11 is 6.21. The molecule has 0 saturated heterocycles. The lowest BCUT2D eigenvalue weighted by atomic mass is 10.1. The lowest BCUT2D eigenvalue weighted by molar-refractivity contribution is 0.284. The third-order valence-corrected chi connectivity index (χ3v) is 3.66. The fourth-order valence-corrected chi connectivity index (χ4v) is 2.30. The van der Waals surface area contributed by atoms with Crippen molar-refractivity contribution in [3.05, 3.63) is 58.1 Å². The summed E-state index contributed by atoms with van der Waals surface area (Å²) in [6.07, 6.45) is 0. The quantitative estimate of drug-likeness (QED) is 0.898. The van der Waals surface area contributed by atoms with Gasteiger partial charge in [0.05, 0.1) is 7.11 Å². The van der Waals surface area contributed by atoms with Gasteiger partial charge in [0.1, 0.15) is 6.61 Å². The van der Waals surface area contributed by atoms with Crippen molar-refractivity contribution in [1.29, 1.82) is 0 Å². The lowest BCUT2D eigenvalue weighted by Gasteiger charge is -2.14. The van der Waals surface area contributed by atoms with Crippen LogP contribution in [0.3, 0.4) is 0 Å². The van der Waals surface area contributed by atoms with Gasteiger partial charge < -0.3 is 15.2 Å². The first-order valence-corrected chi connectivity index (χ1v) is 7.20. The molecule has 112 valence electrons. The molecule has 2 N–H and O–H groups in total. The van der Waals surface area contributed by atoms with Crippen molar-refractivity contribution < 1.29 is 9.47 Å². The van der Waals surface area contributed by atoms with Crippen LogP contribution in [0.25, 0.3) is 0 Å². The van der Waals surface area contributed by atoms with Crippen LogP contribution in [0.15, 0.2) is 36.4 Å². The highest BCUT2D eigenvalue weighted by Crippen LogP contribution is 2.31. The predicted molar refractivity (Wildman–Crippen MR) is 86.1 cm³/mol. The summed E-state index contributed by atoms with van der Waals surface area (Å²) < 4.78 is 11.2. The molecule has 0 amide bonds. The van der Waals surface area contributed by atoms with Gasteiger partial charge in [0.15, 0.2) is 11.5 Å². The van der Waals surface area contributed by atoms with Crippen LogP contribution >= 0.6 is 11.6 Å². The lowest BCUT2D eigenvalue weighted by Crippen LogP contribution is -2.06. The number of hydrogen-bond acceptors (Lipinski definition) is 3. The normalized spacial score (nSPS) is 12.0. The molecule has 2 aromatic rings. The molecule has 0 aromatic heterocycles. The number of aryl methyl sites for hydroxylation is 1. The van der Waals surface area contributed by atoms with Crippen LogP contribution in [-0.2, 0) is 6.61 Å². The summed E-state index contributed by atoms with van der Waals surface area (Å²) in [5, 5.41) is 0.709. The zero-order chi connectivity index (χ0) is 15.4. The van der Waals surface area contributed by atoms with Crippen molar-refractivity contribution in [3.8, 4) is 11.5 Å². The van der Waals surface area contributed by atoms with E-state index < -0.39 is 0 Å². The maximum Gasteiger partial charge on any atom is 0.161 e. The van der Waals surface area contributed by atoms with Crippen LogP contribution in [0.1, 0.15) is 29.7 Å². The highest BCUT2D eigenvalue weighted by molar-refractivity contribution is 6.31. The molecule has 1 atom stereocenters. The van der Waals surface area contributed by atoms with E-state index in [-0.39, 0.29) is 6.04 Å². The van der Waals surface area contributed by atoms with Crippen LogP contribution in [0.2, 0.25) is 5.02 Å². The molecule has 0 fully saturated rings. The van der Waals surface area contributed by atoms with Gasteiger partial charge >= 0.3 is 0 Å². The van der Waals surface area contributed by atoms with Crippen molar-refractivity contribution in [1.82, 2.24) is 0 Å². The number of hydrogen-bond donors (Lipinski definition) is 1. The molecule has 0 radical (unpaired) electrons. The summed E-state index contributed by atoms with van der Waals surface area (Å²) in [7, 11) is 1.62. The first-order chi connectivity index (χ1) is 10.0. The van der Waals surface area contributed by atoms with Gasteiger partial charge in [-0.15, -0.1) is 0 Å². The Bertz CT molecular complexity index is 626. The van der Waals surface area contributed by atoms with Gasteiger partial charge in [-0.05, 0) is 43.2 Å². The van der Waals surface area contributed by atoms with E-state index in [0.29, 0.717) is 23.1 Å². The summed E-state index contributed by atoms with van der Waals surface area (Å²) in [5.74, 6) is 1.35. The van der Waals surface area contributed by atoms with Gasteiger partial charge in [-0.3, -0.25) is 0 Å². The van der Waals surface area contributed by atoms with E-state index in [0.717, 1.165) is 16.7 Å². The summed E-state index contributed by atoms with van der Waals surface area (Å²) in [6.45, 7) is 4.33. The van der Waals surface area contributed by atoms with Crippen molar-refractivity contribution in [2.45, 2.75) is 26.5 Å². The number of halogens is 1. The van der Waals surface area contributed by atoms with Crippen molar-refractivity contribution in [2.75, 3.05) is 7.11 Å². The number of methoxy groups -OCH3 is 1. The third-order valence-electron chi connectivity index (χ3n) is 3.31. The number of ether oxygens (including phenoxy) is 2. The van der Waals surface area contributed by atoms with Gasteiger partial charge in [0.25, 0.3) is 0 Å². The smallest absolute Gasteiger partial charge is 0.161 e. The molecule has 2 aromatic carbocycles. The molecule has 3 nitrogen and oxygen atoms in total. The van der Waals surface area contributed by atoms with Gasteiger partial charge in [-0.25, -0.2) is 0 Å². The van der Waals surface area contributed by atoms with E-state index in [1.165, 1.54) is 0 Å². The summed E-state index contributed by atoms with van der Waals surface area (Å²) in [4.78, 5) is 0. The van der Waals surface area contributed by atoms with Gasteiger partial charge in [-0.1, -0.05) is 29.8 Å². The molecule has 2 rings (SSSR count). The Labute approximate surface area is 130 Å². The first-order valence-electron chi connectivity index (χ1n) is 6.82. The van der Waals surface area contributed by atoms with E-state index in [2.05, 4.69) is 0 Å². The van der Waals surface area contributed by atoms with Crippen LogP contribution in [0.4, 0.5) is 0 Å². The molecule has 0 saturated carbocycles.